The van der Waals surface area contributed by atoms with Gasteiger partial charge in [-0.15, -0.1) is 0 Å². The first kappa shape index (κ1) is 10.4. The third kappa shape index (κ3) is 1.71. The monoisotopic (exact) mass is 202 g/mol. The van der Waals surface area contributed by atoms with Gasteiger partial charge in [-0.3, -0.25) is 4.79 Å². The second-order valence-electron chi connectivity index (χ2n) is 4.85. The molecule has 0 bridgehead atoms. The van der Waals surface area contributed by atoms with Crippen molar-refractivity contribution < 1.29 is 4.79 Å². The molecule has 0 saturated carbocycles. The largest absolute Gasteiger partial charge is 0.294 e. The highest BCUT2D eigenvalue weighted by atomic mass is 16.1. The molecule has 1 aromatic carbocycles. The van der Waals surface area contributed by atoms with Gasteiger partial charge in [0.05, 0.1) is 0 Å². The van der Waals surface area contributed by atoms with E-state index in [1.54, 1.807) is 0 Å². The minimum absolute atomic E-state index is 0.333. The number of aryl methyl sites for hydroxylation is 1. The minimum Gasteiger partial charge on any atom is -0.294 e. The zero-order valence-corrected chi connectivity index (χ0v) is 9.71. The molecule has 1 aliphatic rings. The standard InChI is InChI=1S/C14H18O/c1-9(2)11-7-8-13(15)14-10(3)5-4-6-12(11)14/h4-6,9,11H,7-8H2,1-3H3. The average Bonchev–Trinajstić information content (AvgIpc) is 2.17. The van der Waals surface area contributed by atoms with Gasteiger partial charge >= 0.3 is 0 Å². The molecule has 0 saturated heterocycles. The van der Waals surface area contributed by atoms with Crippen LogP contribution in [0.25, 0.3) is 0 Å². The summed E-state index contributed by atoms with van der Waals surface area (Å²) in [7, 11) is 0. The van der Waals surface area contributed by atoms with E-state index in [4.69, 9.17) is 0 Å². The maximum Gasteiger partial charge on any atom is 0.163 e. The first-order valence-electron chi connectivity index (χ1n) is 5.74. The Labute approximate surface area is 91.5 Å². The third-order valence-corrected chi connectivity index (χ3v) is 3.47. The van der Waals surface area contributed by atoms with Crippen molar-refractivity contribution in [3.05, 3.63) is 34.9 Å². The van der Waals surface area contributed by atoms with E-state index in [-0.39, 0.29) is 0 Å². The molecule has 15 heavy (non-hydrogen) atoms. The van der Waals surface area contributed by atoms with E-state index in [0.717, 1.165) is 24.0 Å². The van der Waals surface area contributed by atoms with Crippen LogP contribution in [-0.2, 0) is 0 Å². The predicted molar refractivity (Wildman–Crippen MR) is 62.3 cm³/mol. The third-order valence-electron chi connectivity index (χ3n) is 3.47. The van der Waals surface area contributed by atoms with Crippen LogP contribution in [0.1, 0.15) is 54.1 Å². The molecule has 0 fully saturated rings. The highest BCUT2D eigenvalue weighted by Gasteiger charge is 2.28. The lowest BCUT2D eigenvalue weighted by molar-refractivity contribution is 0.0962. The Morgan fingerprint density at radius 2 is 2.07 bits per heavy atom. The molecule has 0 N–H and O–H groups in total. The van der Waals surface area contributed by atoms with Gasteiger partial charge in [0.15, 0.2) is 5.78 Å². The number of ketones is 1. The zero-order chi connectivity index (χ0) is 11.0. The highest BCUT2D eigenvalue weighted by Crippen LogP contribution is 2.37. The summed E-state index contributed by atoms with van der Waals surface area (Å²) in [6, 6.07) is 6.24. The molecule has 1 atom stereocenters. The number of rotatable bonds is 1. The number of benzene rings is 1. The van der Waals surface area contributed by atoms with E-state index >= 15 is 0 Å². The van der Waals surface area contributed by atoms with Crippen LogP contribution in [0, 0.1) is 12.8 Å². The van der Waals surface area contributed by atoms with Crippen LogP contribution >= 0.6 is 0 Å². The normalized spacial score (nSPS) is 20.5. The molecular formula is C14H18O. The second kappa shape index (κ2) is 3.80. The van der Waals surface area contributed by atoms with Crippen LogP contribution in [0.2, 0.25) is 0 Å². The molecule has 2 rings (SSSR count). The van der Waals surface area contributed by atoms with Gasteiger partial charge in [-0.05, 0) is 36.3 Å². The molecular weight excluding hydrogens is 184 g/mol. The molecule has 1 nitrogen and oxygen atoms in total. The molecule has 0 radical (unpaired) electrons. The number of Topliss-reactive ketones (excluding diaryl/α,β-unsaturated/α-hetero) is 1. The summed E-state index contributed by atoms with van der Waals surface area (Å²) in [5.74, 6) is 1.52. The second-order valence-corrected chi connectivity index (χ2v) is 4.85. The van der Waals surface area contributed by atoms with E-state index in [1.165, 1.54) is 5.56 Å². The van der Waals surface area contributed by atoms with Gasteiger partial charge in [0.2, 0.25) is 0 Å². The van der Waals surface area contributed by atoms with E-state index in [9.17, 15) is 4.79 Å². The number of carbonyl (C=O) groups is 1. The van der Waals surface area contributed by atoms with Gasteiger partial charge in [0, 0.05) is 12.0 Å². The quantitative estimate of drug-likeness (QED) is 0.678. The van der Waals surface area contributed by atoms with Gasteiger partial charge in [-0.25, -0.2) is 0 Å². The van der Waals surface area contributed by atoms with Crippen molar-refractivity contribution in [1.29, 1.82) is 0 Å². The molecule has 80 valence electrons. The van der Waals surface area contributed by atoms with Crippen LogP contribution in [0.15, 0.2) is 18.2 Å². The molecule has 0 aromatic heterocycles. The summed E-state index contributed by atoms with van der Waals surface area (Å²) in [4.78, 5) is 11.9. The fourth-order valence-electron chi connectivity index (χ4n) is 2.64. The van der Waals surface area contributed by atoms with Crippen LogP contribution < -0.4 is 0 Å². The Morgan fingerprint density at radius 1 is 1.33 bits per heavy atom. The number of hydrogen-bond donors (Lipinski definition) is 0. The smallest absolute Gasteiger partial charge is 0.163 e. The van der Waals surface area contributed by atoms with Gasteiger partial charge < -0.3 is 0 Å². The molecule has 1 unspecified atom stereocenters. The van der Waals surface area contributed by atoms with Gasteiger partial charge in [0.1, 0.15) is 0 Å². The van der Waals surface area contributed by atoms with Crippen molar-refractivity contribution in [1.82, 2.24) is 0 Å². The van der Waals surface area contributed by atoms with Gasteiger partial charge in [0.25, 0.3) is 0 Å². The summed E-state index contributed by atoms with van der Waals surface area (Å²) >= 11 is 0. The van der Waals surface area contributed by atoms with Gasteiger partial charge in [-0.1, -0.05) is 32.0 Å². The van der Waals surface area contributed by atoms with Crippen molar-refractivity contribution in [2.45, 2.75) is 39.5 Å². The maximum atomic E-state index is 11.9. The molecule has 1 aliphatic carbocycles. The van der Waals surface area contributed by atoms with Crippen LogP contribution in [0.3, 0.4) is 0 Å². The molecule has 0 spiro atoms. The minimum atomic E-state index is 0.333. The number of hydrogen-bond acceptors (Lipinski definition) is 1. The van der Waals surface area contributed by atoms with Crippen molar-refractivity contribution >= 4 is 5.78 Å². The fourth-order valence-corrected chi connectivity index (χ4v) is 2.64. The Morgan fingerprint density at radius 3 is 2.73 bits per heavy atom. The van der Waals surface area contributed by atoms with Crippen molar-refractivity contribution in [3.63, 3.8) is 0 Å². The van der Waals surface area contributed by atoms with Crippen molar-refractivity contribution in [2.75, 3.05) is 0 Å². The lowest BCUT2D eigenvalue weighted by Gasteiger charge is -2.28. The van der Waals surface area contributed by atoms with Crippen LogP contribution in [-0.4, -0.2) is 5.78 Å². The summed E-state index contributed by atoms with van der Waals surface area (Å²) in [5, 5.41) is 0. The molecule has 1 heteroatoms. The van der Waals surface area contributed by atoms with E-state index in [0.29, 0.717) is 17.6 Å². The van der Waals surface area contributed by atoms with E-state index < -0.39 is 0 Å². The molecule has 0 heterocycles. The first-order valence-corrected chi connectivity index (χ1v) is 5.74. The summed E-state index contributed by atoms with van der Waals surface area (Å²) in [6.07, 6.45) is 1.74. The van der Waals surface area contributed by atoms with Crippen LogP contribution in [0.5, 0.6) is 0 Å². The topological polar surface area (TPSA) is 17.1 Å². The lowest BCUT2D eigenvalue weighted by Crippen LogP contribution is -2.20. The SMILES string of the molecule is Cc1cccc2c1C(=O)CCC2C(C)C. The van der Waals surface area contributed by atoms with E-state index in [1.807, 2.05) is 13.0 Å². The summed E-state index contributed by atoms with van der Waals surface area (Å²) in [5.41, 5.74) is 3.42. The van der Waals surface area contributed by atoms with Gasteiger partial charge in [-0.2, -0.15) is 0 Å². The Bertz CT molecular complexity index is 390. The zero-order valence-electron chi connectivity index (χ0n) is 9.71. The summed E-state index contributed by atoms with van der Waals surface area (Å²) in [6.45, 7) is 6.53. The molecule has 1 aromatic rings. The maximum absolute atomic E-state index is 11.9. The summed E-state index contributed by atoms with van der Waals surface area (Å²) < 4.78 is 0. The Balaban J connectivity index is 2.55. The van der Waals surface area contributed by atoms with Crippen molar-refractivity contribution in [3.8, 4) is 0 Å². The van der Waals surface area contributed by atoms with Crippen LogP contribution in [0.4, 0.5) is 0 Å². The fraction of sp³-hybridized carbons (Fsp3) is 0.500. The molecule has 0 amide bonds. The first-order chi connectivity index (χ1) is 7.11. The lowest BCUT2D eigenvalue weighted by atomic mass is 9.75. The van der Waals surface area contributed by atoms with E-state index in [2.05, 4.69) is 26.0 Å². The average molecular weight is 202 g/mol. The number of carbonyl (C=O) groups excluding carboxylic acids is 1. The Hall–Kier alpha value is -1.11. The highest BCUT2D eigenvalue weighted by molar-refractivity contribution is 6.00. The predicted octanol–water partition coefficient (Wildman–Crippen LogP) is 3.71. The van der Waals surface area contributed by atoms with Crippen molar-refractivity contribution in [2.24, 2.45) is 5.92 Å². The molecule has 0 aliphatic heterocycles. The number of fused-ring (bicyclic) bond motifs is 1. The Kier molecular flexibility index (Phi) is 2.64.